The van der Waals surface area contributed by atoms with Gasteiger partial charge in [0.05, 0.1) is 5.56 Å². The molecule has 2 aromatic carbocycles. The Bertz CT molecular complexity index is 682. The number of rotatable bonds is 4. The number of fused-ring (bicyclic) bond motifs is 1. The molecule has 0 bridgehead atoms. The third-order valence-electron chi connectivity index (χ3n) is 3.48. The van der Waals surface area contributed by atoms with Gasteiger partial charge in [0.2, 0.25) is 0 Å². The van der Waals surface area contributed by atoms with Gasteiger partial charge in [-0.1, -0.05) is 29.3 Å². The van der Waals surface area contributed by atoms with Crippen LogP contribution < -0.4 is 9.47 Å². The Balaban J connectivity index is 1.66. The zero-order chi connectivity index (χ0) is 14.8. The van der Waals surface area contributed by atoms with Crippen molar-refractivity contribution in [3.8, 4) is 11.5 Å². The van der Waals surface area contributed by atoms with E-state index in [1.54, 1.807) is 18.2 Å². The van der Waals surface area contributed by atoms with Gasteiger partial charge in [-0.3, -0.25) is 4.79 Å². The van der Waals surface area contributed by atoms with Crippen molar-refractivity contribution in [2.75, 3.05) is 6.61 Å². The predicted molar refractivity (Wildman–Crippen MR) is 81.6 cm³/mol. The summed E-state index contributed by atoms with van der Waals surface area (Å²) in [6.45, 7) is 2.46. The van der Waals surface area contributed by atoms with E-state index < -0.39 is 0 Å². The van der Waals surface area contributed by atoms with E-state index in [2.05, 4.69) is 13.0 Å². The second kappa shape index (κ2) is 5.78. The molecular weight excluding hydrogens is 288 g/mol. The van der Waals surface area contributed by atoms with Crippen LogP contribution in [0.25, 0.3) is 0 Å². The standard InChI is InChI=1S/C17H15ClO3/c1-11-2-4-17-12(6-11)8-15(21-17)10-20-16-5-3-14(18)7-13(16)9-19/h2-7,9,15H,8,10H2,1H3. The van der Waals surface area contributed by atoms with E-state index in [1.165, 1.54) is 11.1 Å². The summed E-state index contributed by atoms with van der Waals surface area (Å²) in [6.07, 6.45) is 1.53. The monoisotopic (exact) mass is 302 g/mol. The van der Waals surface area contributed by atoms with Crippen molar-refractivity contribution in [3.63, 3.8) is 0 Å². The highest BCUT2D eigenvalue weighted by Crippen LogP contribution is 2.30. The number of aldehydes is 1. The average Bonchev–Trinajstić information content (AvgIpc) is 2.87. The van der Waals surface area contributed by atoms with Crippen molar-refractivity contribution in [2.45, 2.75) is 19.4 Å². The summed E-state index contributed by atoms with van der Waals surface area (Å²) in [7, 11) is 0. The maximum Gasteiger partial charge on any atom is 0.153 e. The molecule has 0 spiro atoms. The summed E-state index contributed by atoms with van der Waals surface area (Å²) in [5, 5.41) is 0.518. The Morgan fingerprint density at radius 3 is 3.00 bits per heavy atom. The molecule has 0 saturated carbocycles. The van der Waals surface area contributed by atoms with Crippen LogP contribution in [0, 0.1) is 6.92 Å². The molecular formula is C17H15ClO3. The van der Waals surface area contributed by atoms with Crippen LogP contribution in [0.2, 0.25) is 5.02 Å². The molecule has 0 aromatic heterocycles. The summed E-state index contributed by atoms with van der Waals surface area (Å²) in [5.41, 5.74) is 2.88. The average molecular weight is 303 g/mol. The highest BCUT2D eigenvalue weighted by molar-refractivity contribution is 6.30. The van der Waals surface area contributed by atoms with Crippen molar-refractivity contribution in [2.24, 2.45) is 0 Å². The van der Waals surface area contributed by atoms with Crippen LogP contribution in [0.4, 0.5) is 0 Å². The van der Waals surface area contributed by atoms with E-state index in [1.807, 2.05) is 12.1 Å². The van der Waals surface area contributed by atoms with E-state index in [4.69, 9.17) is 21.1 Å². The van der Waals surface area contributed by atoms with E-state index in [0.29, 0.717) is 22.9 Å². The second-order valence-corrected chi connectivity index (χ2v) is 5.60. The summed E-state index contributed by atoms with van der Waals surface area (Å²) in [5.74, 6) is 1.45. The van der Waals surface area contributed by atoms with Gasteiger partial charge in [-0.15, -0.1) is 0 Å². The van der Waals surface area contributed by atoms with Crippen molar-refractivity contribution in [1.82, 2.24) is 0 Å². The Labute approximate surface area is 128 Å². The summed E-state index contributed by atoms with van der Waals surface area (Å²) in [4.78, 5) is 11.0. The highest BCUT2D eigenvalue weighted by Gasteiger charge is 2.23. The number of carbonyl (C=O) groups excluding carboxylic acids is 1. The summed E-state index contributed by atoms with van der Waals surface area (Å²) < 4.78 is 11.6. The minimum Gasteiger partial charge on any atom is -0.489 e. The molecule has 0 saturated heterocycles. The fraction of sp³-hybridized carbons (Fsp3) is 0.235. The Hall–Kier alpha value is -2.00. The molecule has 3 nitrogen and oxygen atoms in total. The number of hydrogen-bond donors (Lipinski definition) is 0. The van der Waals surface area contributed by atoms with Gasteiger partial charge < -0.3 is 9.47 Å². The number of hydrogen-bond acceptors (Lipinski definition) is 3. The lowest BCUT2D eigenvalue weighted by Gasteiger charge is -2.13. The molecule has 1 unspecified atom stereocenters. The lowest BCUT2D eigenvalue weighted by atomic mass is 10.1. The third-order valence-corrected chi connectivity index (χ3v) is 3.72. The van der Waals surface area contributed by atoms with E-state index in [-0.39, 0.29) is 6.10 Å². The van der Waals surface area contributed by atoms with Gasteiger partial charge in [-0.05, 0) is 36.8 Å². The maximum atomic E-state index is 11.0. The molecule has 21 heavy (non-hydrogen) atoms. The predicted octanol–water partition coefficient (Wildman–Crippen LogP) is 3.84. The fourth-order valence-electron chi connectivity index (χ4n) is 2.47. The smallest absolute Gasteiger partial charge is 0.153 e. The summed E-state index contributed by atoms with van der Waals surface area (Å²) in [6, 6.07) is 11.2. The molecule has 0 radical (unpaired) electrons. The van der Waals surface area contributed by atoms with E-state index in [9.17, 15) is 4.79 Å². The molecule has 1 atom stereocenters. The Kier molecular flexibility index (Phi) is 3.84. The highest BCUT2D eigenvalue weighted by atomic mass is 35.5. The first-order chi connectivity index (χ1) is 10.2. The molecule has 1 heterocycles. The van der Waals surface area contributed by atoms with Crippen LogP contribution in [0.15, 0.2) is 36.4 Å². The molecule has 4 heteroatoms. The number of benzene rings is 2. The fourth-order valence-corrected chi connectivity index (χ4v) is 2.65. The number of aryl methyl sites for hydroxylation is 1. The zero-order valence-electron chi connectivity index (χ0n) is 11.6. The van der Waals surface area contributed by atoms with Crippen molar-refractivity contribution >= 4 is 17.9 Å². The van der Waals surface area contributed by atoms with Crippen LogP contribution in [-0.2, 0) is 6.42 Å². The van der Waals surface area contributed by atoms with Crippen molar-refractivity contribution < 1.29 is 14.3 Å². The molecule has 0 N–H and O–H groups in total. The quantitative estimate of drug-likeness (QED) is 0.805. The number of carbonyl (C=O) groups is 1. The van der Waals surface area contributed by atoms with Gasteiger partial charge in [0.25, 0.3) is 0 Å². The topological polar surface area (TPSA) is 35.5 Å². The summed E-state index contributed by atoms with van der Waals surface area (Å²) >= 11 is 5.86. The lowest BCUT2D eigenvalue weighted by Crippen LogP contribution is -2.22. The van der Waals surface area contributed by atoms with Crippen molar-refractivity contribution in [3.05, 3.63) is 58.1 Å². The Morgan fingerprint density at radius 1 is 1.33 bits per heavy atom. The molecule has 2 aromatic rings. The minimum atomic E-state index is -0.0306. The van der Waals surface area contributed by atoms with Crippen LogP contribution in [0.3, 0.4) is 0 Å². The van der Waals surface area contributed by atoms with Gasteiger partial charge >= 0.3 is 0 Å². The van der Waals surface area contributed by atoms with Crippen LogP contribution in [0.1, 0.15) is 21.5 Å². The van der Waals surface area contributed by atoms with Crippen LogP contribution >= 0.6 is 11.6 Å². The first kappa shape index (κ1) is 14.0. The van der Waals surface area contributed by atoms with Gasteiger partial charge in [0, 0.05) is 11.4 Å². The first-order valence-electron chi connectivity index (χ1n) is 6.79. The normalized spacial score (nSPS) is 16.2. The van der Waals surface area contributed by atoms with Gasteiger partial charge in [0.15, 0.2) is 6.29 Å². The minimum absolute atomic E-state index is 0.0306. The molecule has 0 fully saturated rings. The molecule has 1 aliphatic rings. The first-order valence-corrected chi connectivity index (χ1v) is 7.17. The Morgan fingerprint density at radius 2 is 2.19 bits per heavy atom. The van der Waals surface area contributed by atoms with Crippen LogP contribution in [-0.4, -0.2) is 19.0 Å². The molecule has 0 aliphatic carbocycles. The molecule has 0 amide bonds. The SMILES string of the molecule is Cc1ccc2c(c1)CC(COc1ccc(Cl)cc1C=O)O2. The van der Waals surface area contributed by atoms with Crippen molar-refractivity contribution in [1.29, 1.82) is 0 Å². The van der Waals surface area contributed by atoms with Gasteiger partial charge in [0.1, 0.15) is 24.2 Å². The van der Waals surface area contributed by atoms with Gasteiger partial charge in [-0.25, -0.2) is 0 Å². The van der Waals surface area contributed by atoms with E-state index in [0.717, 1.165) is 18.5 Å². The zero-order valence-corrected chi connectivity index (χ0v) is 12.4. The number of halogens is 1. The van der Waals surface area contributed by atoms with Crippen LogP contribution in [0.5, 0.6) is 11.5 Å². The molecule has 1 aliphatic heterocycles. The maximum absolute atomic E-state index is 11.0. The third kappa shape index (κ3) is 3.03. The second-order valence-electron chi connectivity index (χ2n) is 5.17. The van der Waals surface area contributed by atoms with E-state index >= 15 is 0 Å². The molecule has 108 valence electrons. The largest absolute Gasteiger partial charge is 0.489 e. The lowest BCUT2D eigenvalue weighted by molar-refractivity contribution is 0.111. The number of ether oxygens (including phenoxy) is 2. The molecule has 3 rings (SSSR count). The van der Waals surface area contributed by atoms with Gasteiger partial charge in [-0.2, -0.15) is 0 Å².